The molecule has 0 aliphatic rings. The Hall–Kier alpha value is -2.10. The number of carboxylic acids is 1. The zero-order valence-electron chi connectivity index (χ0n) is 16.0. The van der Waals surface area contributed by atoms with Gasteiger partial charge in [-0.05, 0) is 24.5 Å². The lowest BCUT2D eigenvalue weighted by Gasteiger charge is -2.10. The van der Waals surface area contributed by atoms with Gasteiger partial charge in [-0.1, -0.05) is 82.9 Å². The van der Waals surface area contributed by atoms with E-state index in [1.165, 1.54) is 57.8 Å². The lowest BCUT2D eigenvalue weighted by atomic mass is 10.0. The maximum Gasteiger partial charge on any atom is 0.328 e. The number of anilines is 1. The molecule has 144 valence electrons. The summed E-state index contributed by atoms with van der Waals surface area (Å²) >= 11 is 0. The van der Waals surface area contributed by atoms with Gasteiger partial charge in [-0.2, -0.15) is 0 Å². The minimum atomic E-state index is -1.13. The average Bonchev–Trinajstić information content (AvgIpc) is 2.63. The predicted molar refractivity (Wildman–Crippen MR) is 107 cm³/mol. The van der Waals surface area contributed by atoms with Crippen molar-refractivity contribution in [3.8, 4) is 0 Å². The largest absolute Gasteiger partial charge is 0.478 e. The standard InChI is InChI=1S/C22H33NO3/c1-2-3-4-5-6-7-8-9-10-11-14-19-15-12-13-16-20(19)23-21(24)17-18-22(25)26/h12-13,15-18H,2-11,14H2,1H3,(H,23,24)(H,25,26)/b18-17-. The summed E-state index contributed by atoms with van der Waals surface area (Å²) in [5, 5.41) is 11.3. The molecule has 0 aliphatic heterocycles. The first-order valence-corrected chi connectivity index (χ1v) is 9.93. The molecule has 26 heavy (non-hydrogen) atoms. The molecular formula is C22H33NO3. The molecule has 4 heteroatoms. The fraction of sp³-hybridized carbons (Fsp3) is 0.545. The Balaban J connectivity index is 2.24. The molecule has 0 radical (unpaired) electrons. The second-order valence-electron chi connectivity index (χ2n) is 6.75. The van der Waals surface area contributed by atoms with Gasteiger partial charge in [0, 0.05) is 17.8 Å². The van der Waals surface area contributed by atoms with Crippen LogP contribution in [0.2, 0.25) is 0 Å². The number of unbranched alkanes of at least 4 members (excludes halogenated alkanes) is 9. The monoisotopic (exact) mass is 359 g/mol. The highest BCUT2D eigenvalue weighted by molar-refractivity contribution is 6.02. The van der Waals surface area contributed by atoms with Crippen molar-refractivity contribution in [3.63, 3.8) is 0 Å². The molecule has 0 fully saturated rings. The molecule has 0 spiro atoms. The number of carbonyl (C=O) groups is 2. The van der Waals surface area contributed by atoms with Crippen LogP contribution in [0.4, 0.5) is 5.69 Å². The number of rotatable bonds is 14. The number of para-hydroxylation sites is 1. The molecule has 1 amide bonds. The van der Waals surface area contributed by atoms with E-state index in [9.17, 15) is 9.59 Å². The van der Waals surface area contributed by atoms with Crippen molar-refractivity contribution in [2.45, 2.75) is 77.6 Å². The number of aryl methyl sites for hydroxylation is 1. The van der Waals surface area contributed by atoms with Gasteiger partial charge in [0.1, 0.15) is 0 Å². The van der Waals surface area contributed by atoms with Crippen molar-refractivity contribution in [3.05, 3.63) is 42.0 Å². The zero-order chi connectivity index (χ0) is 19.0. The van der Waals surface area contributed by atoms with Crippen molar-refractivity contribution in [1.82, 2.24) is 0 Å². The Morgan fingerprint density at radius 3 is 2.08 bits per heavy atom. The van der Waals surface area contributed by atoms with Crippen LogP contribution < -0.4 is 5.32 Å². The number of nitrogens with one attached hydrogen (secondary N) is 1. The normalized spacial score (nSPS) is 11.0. The zero-order valence-corrected chi connectivity index (χ0v) is 16.0. The molecule has 0 atom stereocenters. The highest BCUT2D eigenvalue weighted by Gasteiger charge is 2.05. The highest BCUT2D eigenvalue weighted by Crippen LogP contribution is 2.19. The van der Waals surface area contributed by atoms with Gasteiger partial charge in [-0.3, -0.25) is 4.79 Å². The van der Waals surface area contributed by atoms with Gasteiger partial charge in [-0.25, -0.2) is 4.79 Å². The molecule has 0 saturated carbocycles. The van der Waals surface area contributed by atoms with Crippen LogP contribution in [0.3, 0.4) is 0 Å². The molecular weight excluding hydrogens is 326 g/mol. The van der Waals surface area contributed by atoms with Crippen LogP contribution in [0.1, 0.15) is 76.7 Å². The summed E-state index contributed by atoms with van der Waals surface area (Å²) in [7, 11) is 0. The van der Waals surface area contributed by atoms with E-state index in [0.29, 0.717) is 0 Å². The maximum absolute atomic E-state index is 11.8. The fourth-order valence-corrected chi connectivity index (χ4v) is 2.98. The number of carboxylic acid groups (broad SMARTS) is 1. The third-order valence-corrected chi connectivity index (χ3v) is 4.45. The van der Waals surface area contributed by atoms with E-state index < -0.39 is 11.9 Å². The third kappa shape index (κ3) is 10.7. The molecule has 1 aromatic carbocycles. The summed E-state index contributed by atoms with van der Waals surface area (Å²) < 4.78 is 0. The van der Waals surface area contributed by atoms with Gasteiger partial charge in [0.25, 0.3) is 0 Å². The smallest absolute Gasteiger partial charge is 0.328 e. The van der Waals surface area contributed by atoms with E-state index >= 15 is 0 Å². The maximum atomic E-state index is 11.8. The molecule has 4 nitrogen and oxygen atoms in total. The van der Waals surface area contributed by atoms with Crippen LogP contribution in [-0.2, 0) is 16.0 Å². The lowest BCUT2D eigenvalue weighted by Crippen LogP contribution is -2.10. The van der Waals surface area contributed by atoms with Crippen molar-refractivity contribution in [1.29, 1.82) is 0 Å². The first-order valence-electron chi connectivity index (χ1n) is 9.93. The van der Waals surface area contributed by atoms with E-state index in [0.717, 1.165) is 36.2 Å². The van der Waals surface area contributed by atoms with Gasteiger partial charge >= 0.3 is 5.97 Å². The molecule has 0 unspecified atom stereocenters. The first-order chi connectivity index (χ1) is 12.6. The second-order valence-corrected chi connectivity index (χ2v) is 6.75. The number of amides is 1. The summed E-state index contributed by atoms with van der Waals surface area (Å²) in [4.78, 5) is 22.2. The Morgan fingerprint density at radius 1 is 0.885 bits per heavy atom. The number of benzene rings is 1. The van der Waals surface area contributed by atoms with Crippen LogP contribution in [0.15, 0.2) is 36.4 Å². The number of aliphatic carboxylic acids is 1. The predicted octanol–water partition coefficient (Wildman–Crippen LogP) is 5.73. The number of hydrogen-bond acceptors (Lipinski definition) is 2. The molecule has 0 aliphatic carbocycles. The summed E-state index contributed by atoms with van der Waals surface area (Å²) in [6, 6.07) is 7.72. The van der Waals surface area contributed by atoms with Gasteiger partial charge in [-0.15, -0.1) is 0 Å². The van der Waals surface area contributed by atoms with Gasteiger partial charge < -0.3 is 10.4 Å². The summed E-state index contributed by atoms with van der Waals surface area (Å²) in [6.45, 7) is 2.25. The second kappa shape index (κ2) is 14.1. The van der Waals surface area contributed by atoms with Gasteiger partial charge in [0.2, 0.25) is 5.91 Å². The quantitative estimate of drug-likeness (QED) is 0.329. The fourth-order valence-electron chi connectivity index (χ4n) is 2.98. The SMILES string of the molecule is CCCCCCCCCCCCc1ccccc1NC(=O)/C=C\C(=O)O. The first kappa shape index (κ1) is 21.9. The summed E-state index contributed by atoms with van der Waals surface area (Å²) in [5.41, 5.74) is 1.87. The molecule has 1 rings (SSSR count). The van der Waals surface area contributed by atoms with Crippen LogP contribution in [0.25, 0.3) is 0 Å². The van der Waals surface area contributed by atoms with E-state index in [1.54, 1.807) is 0 Å². The van der Waals surface area contributed by atoms with Crippen LogP contribution in [0, 0.1) is 0 Å². The van der Waals surface area contributed by atoms with E-state index in [4.69, 9.17) is 5.11 Å². The lowest BCUT2D eigenvalue weighted by molar-refractivity contribution is -0.131. The van der Waals surface area contributed by atoms with Crippen molar-refractivity contribution in [2.75, 3.05) is 5.32 Å². The van der Waals surface area contributed by atoms with Crippen molar-refractivity contribution < 1.29 is 14.7 Å². The van der Waals surface area contributed by atoms with E-state index in [-0.39, 0.29) is 0 Å². The topological polar surface area (TPSA) is 66.4 Å². The Labute approximate surface area is 157 Å². The molecule has 0 aromatic heterocycles. The molecule has 2 N–H and O–H groups in total. The Morgan fingerprint density at radius 2 is 1.46 bits per heavy atom. The summed E-state index contributed by atoms with van der Waals surface area (Å²) in [5.74, 6) is -1.54. The van der Waals surface area contributed by atoms with Gasteiger partial charge in [0.05, 0.1) is 0 Å². The van der Waals surface area contributed by atoms with Crippen molar-refractivity contribution in [2.24, 2.45) is 0 Å². The molecule has 0 heterocycles. The minimum absolute atomic E-state index is 0.414. The Bertz CT molecular complexity index is 566. The van der Waals surface area contributed by atoms with E-state index in [2.05, 4.69) is 12.2 Å². The van der Waals surface area contributed by atoms with Crippen molar-refractivity contribution >= 4 is 17.6 Å². The molecule has 1 aromatic rings. The highest BCUT2D eigenvalue weighted by atomic mass is 16.4. The average molecular weight is 360 g/mol. The van der Waals surface area contributed by atoms with E-state index in [1.807, 2.05) is 24.3 Å². The Kier molecular flexibility index (Phi) is 11.9. The van der Waals surface area contributed by atoms with Gasteiger partial charge in [0.15, 0.2) is 0 Å². The summed E-state index contributed by atoms with van der Waals surface area (Å²) in [6.07, 6.45) is 15.8. The number of hydrogen-bond donors (Lipinski definition) is 2. The minimum Gasteiger partial charge on any atom is -0.478 e. The molecule has 0 saturated heterocycles. The van der Waals surface area contributed by atoms with Crippen LogP contribution in [-0.4, -0.2) is 17.0 Å². The van der Waals surface area contributed by atoms with Crippen LogP contribution in [0.5, 0.6) is 0 Å². The number of carbonyl (C=O) groups excluding carboxylic acids is 1. The third-order valence-electron chi connectivity index (χ3n) is 4.45. The molecule has 0 bridgehead atoms. The van der Waals surface area contributed by atoms with Crippen LogP contribution >= 0.6 is 0 Å².